The molecule has 1 aromatic rings. The Bertz CT molecular complexity index is 881. The van der Waals surface area contributed by atoms with Gasteiger partial charge < -0.3 is 20.3 Å². The van der Waals surface area contributed by atoms with Crippen LogP contribution in [0.5, 0.6) is 0 Å². The summed E-state index contributed by atoms with van der Waals surface area (Å²) in [6.07, 6.45) is 0.170. The van der Waals surface area contributed by atoms with Gasteiger partial charge in [0.25, 0.3) is 0 Å². The van der Waals surface area contributed by atoms with Crippen LogP contribution in [0, 0.1) is 18.8 Å². The minimum Gasteiger partial charge on any atom is -0.444 e. The Morgan fingerprint density at radius 2 is 1.56 bits per heavy atom. The lowest BCUT2D eigenvalue weighted by Crippen LogP contribution is -2.56. The maximum atomic E-state index is 14.0. The van der Waals surface area contributed by atoms with Crippen LogP contribution in [0.15, 0.2) is 24.3 Å². The Balaban J connectivity index is 2.48. The van der Waals surface area contributed by atoms with Gasteiger partial charge in [-0.05, 0) is 72.3 Å². The molecule has 1 aliphatic rings. The molecule has 190 valence electrons. The third-order valence-electron chi connectivity index (χ3n) is 5.70. The molecule has 0 bridgehead atoms. The molecular formula is C27H43N3O4. The standard InChI is InChI=1S/C27H43N3O4/c1-16(2)21(28-25(33)34-27(8,9)10)24(32)30(20-15-18(20)4)22(23(31)29-26(5,6)7)19-13-11-17(3)12-14-19/h11-14,16,18,20-22H,15H2,1-10H3,(H,28,33)(H,29,31). The molecule has 0 aromatic heterocycles. The van der Waals surface area contributed by atoms with Gasteiger partial charge in [-0.3, -0.25) is 9.59 Å². The second-order valence-corrected chi connectivity index (χ2v) is 11.9. The van der Waals surface area contributed by atoms with E-state index in [2.05, 4.69) is 17.6 Å². The highest BCUT2D eigenvalue weighted by Gasteiger charge is 2.49. The molecule has 2 N–H and O–H groups in total. The van der Waals surface area contributed by atoms with Crippen LogP contribution in [0.2, 0.25) is 0 Å². The van der Waals surface area contributed by atoms with Gasteiger partial charge >= 0.3 is 6.09 Å². The van der Waals surface area contributed by atoms with E-state index >= 15 is 0 Å². The second kappa shape index (κ2) is 10.4. The van der Waals surface area contributed by atoms with Gasteiger partial charge in [-0.1, -0.05) is 50.6 Å². The third-order valence-corrected chi connectivity index (χ3v) is 5.70. The average Bonchev–Trinajstić information content (AvgIpc) is 3.37. The van der Waals surface area contributed by atoms with Crippen LogP contribution in [-0.4, -0.2) is 46.0 Å². The number of ether oxygens (including phenoxy) is 1. The van der Waals surface area contributed by atoms with Crippen LogP contribution in [0.4, 0.5) is 4.79 Å². The van der Waals surface area contributed by atoms with Crippen LogP contribution in [0.3, 0.4) is 0 Å². The summed E-state index contributed by atoms with van der Waals surface area (Å²) >= 11 is 0. The van der Waals surface area contributed by atoms with E-state index in [9.17, 15) is 14.4 Å². The fourth-order valence-corrected chi connectivity index (χ4v) is 3.91. The fourth-order valence-electron chi connectivity index (χ4n) is 3.91. The summed E-state index contributed by atoms with van der Waals surface area (Å²) in [6, 6.07) is 6.01. The first-order valence-electron chi connectivity index (χ1n) is 12.2. The lowest BCUT2D eigenvalue weighted by molar-refractivity contribution is -0.144. The van der Waals surface area contributed by atoms with Gasteiger partial charge in [0.2, 0.25) is 11.8 Å². The van der Waals surface area contributed by atoms with Gasteiger partial charge in [0.05, 0.1) is 0 Å². The van der Waals surface area contributed by atoms with Crippen LogP contribution in [0.1, 0.15) is 85.9 Å². The van der Waals surface area contributed by atoms with Gasteiger partial charge in [0.15, 0.2) is 0 Å². The number of amides is 3. The zero-order valence-corrected chi connectivity index (χ0v) is 22.5. The van der Waals surface area contributed by atoms with Gasteiger partial charge in [0, 0.05) is 11.6 Å². The van der Waals surface area contributed by atoms with E-state index in [-0.39, 0.29) is 29.7 Å². The normalized spacial score (nSPS) is 19.7. The Morgan fingerprint density at radius 3 is 1.97 bits per heavy atom. The van der Waals surface area contributed by atoms with Crippen molar-refractivity contribution in [3.05, 3.63) is 35.4 Å². The maximum Gasteiger partial charge on any atom is 0.408 e. The van der Waals surface area contributed by atoms with E-state index in [0.29, 0.717) is 0 Å². The highest BCUT2D eigenvalue weighted by molar-refractivity contribution is 5.93. The molecule has 1 fully saturated rings. The molecule has 1 aromatic carbocycles. The van der Waals surface area contributed by atoms with Crippen molar-refractivity contribution in [1.82, 2.24) is 15.5 Å². The molecule has 34 heavy (non-hydrogen) atoms. The summed E-state index contributed by atoms with van der Waals surface area (Å²) < 4.78 is 5.42. The first-order chi connectivity index (χ1) is 15.5. The number of hydrogen-bond acceptors (Lipinski definition) is 4. The Kier molecular flexibility index (Phi) is 8.43. The van der Waals surface area contributed by atoms with Crippen molar-refractivity contribution in [3.8, 4) is 0 Å². The minimum atomic E-state index is -0.821. The number of aryl methyl sites for hydroxylation is 1. The van der Waals surface area contributed by atoms with Crippen LogP contribution >= 0.6 is 0 Å². The van der Waals surface area contributed by atoms with E-state index in [1.54, 1.807) is 25.7 Å². The summed E-state index contributed by atoms with van der Waals surface area (Å²) in [6.45, 7) is 18.9. The highest BCUT2D eigenvalue weighted by atomic mass is 16.6. The number of hydrogen-bond donors (Lipinski definition) is 2. The van der Waals surface area contributed by atoms with Crippen molar-refractivity contribution in [2.24, 2.45) is 11.8 Å². The van der Waals surface area contributed by atoms with Crippen LogP contribution < -0.4 is 10.6 Å². The summed E-state index contributed by atoms with van der Waals surface area (Å²) in [5.41, 5.74) is 0.676. The molecule has 1 saturated carbocycles. The molecule has 7 nitrogen and oxygen atoms in total. The zero-order chi connectivity index (χ0) is 26.0. The second-order valence-electron chi connectivity index (χ2n) is 11.9. The van der Waals surface area contributed by atoms with Crippen molar-refractivity contribution < 1.29 is 19.1 Å². The quantitative estimate of drug-likeness (QED) is 0.599. The molecule has 0 spiro atoms. The number of benzene rings is 1. The summed E-state index contributed by atoms with van der Waals surface area (Å²) in [7, 11) is 0. The predicted octanol–water partition coefficient (Wildman–Crippen LogP) is 4.74. The molecule has 2 rings (SSSR count). The predicted molar refractivity (Wildman–Crippen MR) is 134 cm³/mol. The molecule has 0 aliphatic heterocycles. The van der Waals surface area contributed by atoms with E-state index in [1.807, 2.05) is 65.8 Å². The van der Waals surface area contributed by atoms with E-state index < -0.39 is 29.3 Å². The molecule has 0 radical (unpaired) electrons. The van der Waals surface area contributed by atoms with E-state index in [1.165, 1.54) is 0 Å². The van der Waals surface area contributed by atoms with Crippen molar-refractivity contribution in [2.45, 2.75) is 105 Å². The third kappa shape index (κ3) is 7.74. The van der Waals surface area contributed by atoms with Gasteiger partial charge in [-0.2, -0.15) is 0 Å². The van der Waals surface area contributed by atoms with Crippen molar-refractivity contribution >= 4 is 17.9 Å². The van der Waals surface area contributed by atoms with Crippen molar-refractivity contribution in [3.63, 3.8) is 0 Å². The van der Waals surface area contributed by atoms with Gasteiger partial charge in [-0.25, -0.2) is 4.79 Å². The summed E-state index contributed by atoms with van der Waals surface area (Å²) in [4.78, 5) is 41.9. The van der Waals surface area contributed by atoms with Gasteiger partial charge in [-0.15, -0.1) is 0 Å². The smallest absolute Gasteiger partial charge is 0.408 e. The lowest BCUT2D eigenvalue weighted by Gasteiger charge is -2.37. The van der Waals surface area contributed by atoms with Crippen molar-refractivity contribution in [2.75, 3.05) is 0 Å². The monoisotopic (exact) mass is 473 g/mol. The molecule has 3 amide bonds. The number of alkyl carbamates (subject to hydrolysis) is 1. The first kappa shape index (κ1) is 27.7. The maximum absolute atomic E-state index is 14.0. The first-order valence-corrected chi connectivity index (χ1v) is 12.2. The molecule has 4 atom stereocenters. The number of nitrogens with one attached hydrogen (secondary N) is 2. The minimum absolute atomic E-state index is 0.0776. The number of rotatable bonds is 7. The van der Waals surface area contributed by atoms with E-state index in [0.717, 1.165) is 17.5 Å². The van der Waals surface area contributed by atoms with Gasteiger partial charge in [0.1, 0.15) is 17.7 Å². The molecule has 4 unspecified atom stereocenters. The number of nitrogens with zero attached hydrogens (tertiary/aromatic N) is 1. The largest absolute Gasteiger partial charge is 0.444 e. The SMILES string of the molecule is Cc1ccc(C(C(=O)NC(C)(C)C)N(C(=O)C(NC(=O)OC(C)(C)C)C(C)C)C2CC2C)cc1. The van der Waals surface area contributed by atoms with Crippen LogP contribution in [0.25, 0.3) is 0 Å². The lowest BCUT2D eigenvalue weighted by atomic mass is 9.97. The number of carbonyl (C=O) groups is 3. The molecule has 0 saturated heterocycles. The van der Waals surface area contributed by atoms with E-state index in [4.69, 9.17) is 4.74 Å². The summed E-state index contributed by atoms with van der Waals surface area (Å²) in [5, 5.41) is 5.83. The molecule has 0 heterocycles. The Labute approximate surface area is 205 Å². The van der Waals surface area contributed by atoms with Crippen LogP contribution in [-0.2, 0) is 14.3 Å². The zero-order valence-electron chi connectivity index (χ0n) is 22.5. The Hall–Kier alpha value is -2.57. The topological polar surface area (TPSA) is 87.7 Å². The summed E-state index contributed by atoms with van der Waals surface area (Å²) in [5.74, 6) is -0.428. The fraction of sp³-hybridized carbons (Fsp3) is 0.667. The highest BCUT2D eigenvalue weighted by Crippen LogP contribution is 2.41. The Morgan fingerprint density at radius 1 is 1.03 bits per heavy atom. The average molecular weight is 474 g/mol. The van der Waals surface area contributed by atoms with Crippen molar-refractivity contribution in [1.29, 1.82) is 0 Å². The molecular weight excluding hydrogens is 430 g/mol. The number of carbonyl (C=O) groups excluding carboxylic acids is 3. The molecule has 7 heteroatoms. The molecule has 1 aliphatic carbocycles.